The van der Waals surface area contributed by atoms with E-state index in [2.05, 4.69) is 31.2 Å². The molecule has 0 aliphatic rings. The Kier molecular flexibility index (Phi) is 14.8. The van der Waals surface area contributed by atoms with Crippen LogP contribution in [0.4, 0.5) is 0 Å². The Morgan fingerprint density at radius 1 is 0.630 bits per heavy atom. The zero-order chi connectivity index (χ0) is 19.6. The van der Waals surface area contributed by atoms with Crippen LogP contribution in [-0.4, -0.2) is 11.1 Å². The molecule has 0 saturated carbocycles. The summed E-state index contributed by atoms with van der Waals surface area (Å²) in [6.45, 7) is 2.15. The highest BCUT2D eigenvalue weighted by Gasteiger charge is 1.97. The SMILES string of the molecule is Cc1ccc(CCCCCCCCCCCCCCCCCC(=O)O)cc1. The number of aryl methyl sites for hydroxylation is 2. The molecule has 0 atom stereocenters. The van der Waals surface area contributed by atoms with Gasteiger partial charge in [0.2, 0.25) is 0 Å². The molecule has 2 nitrogen and oxygen atoms in total. The highest BCUT2D eigenvalue weighted by Crippen LogP contribution is 2.14. The first-order chi connectivity index (χ1) is 13.2. The Morgan fingerprint density at radius 3 is 1.41 bits per heavy atom. The van der Waals surface area contributed by atoms with Crippen molar-refractivity contribution in [2.45, 2.75) is 116 Å². The maximum absolute atomic E-state index is 10.4. The number of hydrogen-bond acceptors (Lipinski definition) is 1. The van der Waals surface area contributed by atoms with Gasteiger partial charge in [0.25, 0.3) is 0 Å². The van der Waals surface area contributed by atoms with Gasteiger partial charge in [-0.05, 0) is 31.7 Å². The Balaban J connectivity index is 1.73. The monoisotopic (exact) mass is 374 g/mol. The van der Waals surface area contributed by atoms with Crippen molar-refractivity contribution >= 4 is 5.97 Å². The molecule has 0 heterocycles. The van der Waals surface area contributed by atoms with Crippen molar-refractivity contribution in [2.24, 2.45) is 0 Å². The Bertz CT molecular complexity index is 464. The second kappa shape index (κ2) is 16.8. The number of rotatable bonds is 18. The second-order valence-corrected chi connectivity index (χ2v) is 8.18. The first kappa shape index (κ1) is 23.7. The molecule has 0 amide bonds. The Morgan fingerprint density at radius 2 is 1.00 bits per heavy atom. The molecule has 0 aliphatic heterocycles. The van der Waals surface area contributed by atoms with E-state index in [1.807, 2.05) is 0 Å². The summed E-state index contributed by atoms with van der Waals surface area (Å²) < 4.78 is 0. The lowest BCUT2D eigenvalue weighted by molar-refractivity contribution is -0.137. The van der Waals surface area contributed by atoms with E-state index < -0.39 is 5.97 Å². The lowest BCUT2D eigenvalue weighted by Crippen LogP contribution is -1.93. The molecule has 0 unspecified atom stereocenters. The molecule has 2 heteroatoms. The predicted octanol–water partition coefficient (Wildman–Crippen LogP) is 7.86. The van der Waals surface area contributed by atoms with Gasteiger partial charge in [-0.3, -0.25) is 4.79 Å². The summed E-state index contributed by atoms with van der Waals surface area (Å²) in [4.78, 5) is 10.4. The summed E-state index contributed by atoms with van der Waals surface area (Å²) in [5.74, 6) is -0.655. The lowest BCUT2D eigenvalue weighted by atomic mass is 10.0. The molecule has 1 rings (SSSR count). The van der Waals surface area contributed by atoms with E-state index >= 15 is 0 Å². The average molecular weight is 375 g/mol. The minimum atomic E-state index is -0.655. The van der Waals surface area contributed by atoms with E-state index in [1.54, 1.807) is 0 Å². The van der Waals surface area contributed by atoms with Gasteiger partial charge in [0.05, 0.1) is 0 Å². The van der Waals surface area contributed by atoms with Crippen LogP contribution in [-0.2, 0) is 11.2 Å². The van der Waals surface area contributed by atoms with E-state index in [0.29, 0.717) is 6.42 Å². The van der Waals surface area contributed by atoms with Gasteiger partial charge >= 0.3 is 5.97 Å². The van der Waals surface area contributed by atoms with Crippen molar-refractivity contribution in [1.29, 1.82) is 0 Å². The van der Waals surface area contributed by atoms with E-state index in [0.717, 1.165) is 12.8 Å². The van der Waals surface area contributed by atoms with Crippen molar-refractivity contribution in [3.63, 3.8) is 0 Å². The zero-order valence-electron chi connectivity index (χ0n) is 17.7. The van der Waals surface area contributed by atoms with E-state index in [9.17, 15) is 4.79 Å². The predicted molar refractivity (Wildman–Crippen MR) is 116 cm³/mol. The van der Waals surface area contributed by atoms with E-state index in [-0.39, 0.29) is 0 Å². The first-order valence-corrected chi connectivity index (χ1v) is 11.5. The fourth-order valence-electron chi connectivity index (χ4n) is 3.66. The van der Waals surface area contributed by atoms with Crippen LogP contribution in [0.2, 0.25) is 0 Å². The topological polar surface area (TPSA) is 37.3 Å². The molecular formula is C25H42O2. The van der Waals surface area contributed by atoms with Crippen LogP contribution < -0.4 is 0 Å². The standard InChI is InChI=1S/C25H42O2/c1-23-19-21-24(22-20-23)17-15-13-11-9-7-5-3-2-4-6-8-10-12-14-16-18-25(26)27/h19-22H,2-18H2,1H3,(H,26,27). The number of carbonyl (C=O) groups is 1. The van der Waals surface area contributed by atoms with Crippen LogP contribution in [0.15, 0.2) is 24.3 Å². The summed E-state index contributed by atoms with van der Waals surface area (Å²) in [5.41, 5.74) is 2.84. The molecule has 27 heavy (non-hydrogen) atoms. The fourth-order valence-corrected chi connectivity index (χ4v) is 3.66. The van der Waals surface area contributed by atoms with Crippen LogP contribution in [0.5, 0.6) is 0 Å². The maximum Gasteiger partial charge on any atom is 0.303 e. The normalized spacial score (nSPS) is 11.0. The minimum Gasteiger partial charge on any atom is -0.481 e. The van der Waals surface area contributed by atoms with Crippen LogP contribution in [0, 0.1) is 6.92 Å². The van der Waals surface area contributed by atoms with Gasteiger partial charge in [0.15, 0.2) is 0 Å². The zero-order valence-corrected chi connectivity index (χ0v) is 17.7. The van der Waals surface area contributed by atoms with Crippen molar-refractivity contribution in [1.82, 2.24) is 0 Å². The molecule has 0 aromatic heterocycles. The Hall–Kier alpha value is -1.31. The van der Waals surface area contributed by atoms with Crippen LogP contribution >= 0.6 is 0 Å². The van der Waals surface area contributed by atoms with Crippen LogP contribution in [0.3, 0.4) is 0 Å². The lowest BCUT2D eigenvalue weighted by Gasteiger charge is -2.04. The van der Waals surface area contributed by atoms with Gasteiger partial charge in [-0.2, -0.15) is 0 Å². The molecule has 0 spiro atoms. The number of unbranched alkanes of at least 4 members (excludes halogenated alkanes) is 14. The molecule has 0 fully saturated rings. The molecule has 1 aromatic rings. The quantitative estimate of drug-likeness (QED) is 0.265. The smallest absolute Gasteiger partial charge is 0.303 e. The van der Waals surface area contributed by atoms with Crippen molar-refractivity contribution < 1.29 is 9.90 Å². The Labute approximate surface area is 167 Å². The second-order valence-electron chi connectivity index (χ2n) is 8.18. The molecule has 0 radical (unpaired) electrons. The van der Waals surface area contributed by atoms with Gasteiger partial charge < -0.3 is 5.11 Å². The van der Waals surface area contributed by atoms with Gasteiger partial charge in [0.1, 0.15) is 0 Å². The van der Waals surface area contributed by atoms with Crippen LogP contribution in [0.25, 0.3) is 0 Å². The van der Waals surface area contributed by atoms with Crippen LogP contribution in [0.1, 0.15) is 114 Å². The van der Waals surface area contributed by atoms with Crippen molar-refractivity contribution in [3.05, 3.63) is 35.4 Å². The number of aliphatic carboxylic acids is 1. The van der Waals surface area contributed by atoms with Crippen molar-refractivity contribution in [3.8, 4) is 0 Å². The molecule has 1 aromatic carbocycles. The number of carboxylic acids is 1. The van der Waals surface area contributed by atoms with Gasteiger partial charge in [-0.15, -0.1) is 0 Å². The maximum atomic E-state index is 10.4. The summed E-state index contributed by atoms with van der Waals surface area (Å²) in [7, 11) is 0. The third-order valence-electron chi connectivity index (χ3n) is 5.48. The molecule has 1 N–H and O–H groups in total. The van der Waals surface area contributed by atoms with E-state index in [4.69, 9.17) is 5.11 Å². The number of hydrogen-bond donors (Lipinski definition) is 1. The molecular weight excluding hydrogens is 332 g/mol. The third kappa shape index (κ3) is 15.4. The number of carboxylic acid groups (broad SMARTS) is 1. The fraction of sp³-hybridized carbons (Fsp3) is 0.720. The summed E-state index contributed by atoms with van der Waals surface area (Å²) >= 11 is 0. The summed E-state index contributed by atoms with van der Waals surface area (Å²) in [6.07, 6.45) is 21.2. The summed E-state index contributed by atoms with van der Waals surface area (Å²) in [6, 6.07) is 8.99. The summed E-state index contributed by atoms with van der Waals surface area (Å²) in [5, 5.41) is 8.58. The molecule has 0 bridgehead atoms. The molecule has 0 aliphatic carbocycles. The average Bonchev–Trinajstić information content (AvgIpc) is 2.65. The highest BCUT2D eigenvalue weighted by atomic mass is 16.4. The molecule has 154 valence electrons. The highest BCUT2D eigenvalue weighted by molar-refractivity contribution is 5.66. The minimum absolute atomic E-state index is 0.340. The largest absolute Gasteiger partial charge is 0.481 e. The van der Waals surface area contributed by atoms with Gasteiger partial charge in [0, 0.05) is 6.42 Å². The van der Waals surface area contributed by atoms with Gasteiger partial charge in [-0.25, -0.2) is 0 Å². The number of benzene rings is 1. The first-order valence-electron chi connectivity index (χ1n) is 11.5. The van der Waals surface area contributed by atoms with E-state index in [1.165, 1.54) is 101 Å². The van der Waals surface area contributed by atoms with Gasteiger partial charge in [-0.1, -0.05) is 113 Å². The van der Waals surface area contributed by atoms with Crippen molar-refractivity contribution in [2.75, 3.05) is 0 Å². The molecule has 0 saturated heterocycles. The third-order valence-corrected chi connectivity index (χ3v) is 5.48.